The van der Waals surface area contributed by atoms with Gasteiger partial charge < -0.3 is 29.0 Å². The molecular formula is C38H42N2O6. The van der Waals surface area contributed by atoms with Crippen molar-refractivity contribution >= 4 is 28.4 Å². The maximum atomic E-state index is 13.3. The fourth-order valence-electron chi connectivity index (χ4n) is 6.35. The molecule has 1 aromatic heterocycles. The van der Waals surface area contributed by atoms with Crippen LogP contribution in [0.3, 0.4) is 0 Å². The lowest BCUT2D eigenvalue weighted by Crippen LogP contribution is -2.19. The van der Waals surface area contributed by atoms with E-state index in [-0.39, 0.29) is 12.4 Å². The Balaban J connectivity index is 0.977. The zero-order valence-electron chi connectivity index (χ0n) is 26.9. The minimum absolute atomic E-state index is 0.0737. The molecule has 240 valence electrons. The van der Waals surface area contributed by atoms with E-state index in [0.29, 0.717) is 46.5 Å². The summed E-state index contributed by atoms with van der Waals surface area (Å²) in [5.74, 6) is 2.72. The van der Waals surface area contributed by atoms with E-state index in [4.69, 9.17) is 28.7 Å². The molecule has 0 atom stereocenters. The van der Waals surface area contributed by atoms with Gasteiger partial charge in [0.2, 0.25) is 5.75 Å². The molecule has 0 amide bonds. The number of unbranched alkanes of at least 4 members (excludes halogenated alkanes) is 3. The highest BCUT2D eigenvalue weighted by Gasteiger charge is 2.25. The Morgan fingerprint density at radius 2 is 1.67 bits per heavy atom. The Hall–Kier alpha value is -4.72. The standard InChI is InChI=1S/C38H42N2O6/c1-42-34-21-25(22-35(43-2)38(34)44-3)20-26-24-46-33-23-27(16-17-30(33)37(26)41)45-19-11-5-4-10-18-39-36-28-12-6-8-14-31(28)40-32-15-9-7-13-29(32)36/h6,8,12,14,16-17,20-23H,4-5,7,9-11,13,15,18-19,24H2,1-3H3,(H,39,40)/b26-20+. The van der Waals surface area contributed by atoms with Crippen molar-refractivity contribution in [3.05, 3.63) is 82.6 Å². The van der Waals surface area contributed by atoms with Crippen molar-refractivity contribution in [2.75, 3.05) is 46.4 Å². The van der Waals surface area contributed by atoms with Gasteiger partial charge in [-0.1, -0.05) is 31.0 Å². The van der Waals surface area contributed by atoms with Crippen LogP contribution < -0.4 is 29.0 Å². The van der Waals surface area contributed by atoms with Crippen LogP contribution in [0, 0.1) is 0 Å². The van der Waals surface area contributed by atoms with Gasteiger partial charge in [0.25, 0.3) is 0 Å². The molecule has 46 heavy (non-hydrogen) atoms. The Labute approximate surface area is 270 Å². The quantitative estimate of drug-likeness (QED) is 0.119. The van der Waals surface area contributed by atoms with Gasteiger partial charge >= 0.3 is 0 Å². The van der Waals surface area contributed by atoms with Crippen molar-refractivity contribution in [2.45, 2.75) is 51.4 Å². The molecule has 2 heterocycles. The maximum absolute atomic E-state index is 13.3. The summed E-state index contributed by atoms with van der Waals surface area (Å²) in [6, 6.07) is 17.5. The monoisotopic (exact) mass is 622 g/mol. The van der Waals surface area contributed by atoms with Gasteiger partial charge in [-0.05, 0) is 86.1 Å². The van der Waals surface area contributed by atoms with E-state index in [1.807, 2.05) is 12.1 Å². The number of nitrogens with one attached hydrogen (secondary N) is 1. The highest BCUT2D eigenvalue weighted by Crippen LogP contribution is 2.39. The van der Waals surface area contributed by atoms with Crippen molar-refractivity contribution in [3.8, 4) is 28.7 Å². The number of carbonyl (C=O) groups is 1. The first kappa shape index (κ1) is 31.3. The third-order valence-corrected chi connectivity index (χ3v) is 8.71. The number of methoxy groups -OCH3 is 3. The third-order valence-electron chi connectivity index (χ3n) is 8.71. The number of fused-ring (bicyclic) bond motifs is 3. The van der Waals surface area contributed by atoms with E-state index in [0.717, 1.165) is 56.1 Å². The second-order valence-corrected chi connectivity index (χ2v) is 11.7. The highest BCUT2D eigenvalue weighted by molar-refractivity contribution is 6.14. The van der Waals surface area contributed by atoms with E-state index >= 15 is 0 Å². The molecule has 0 radical (unpaired) electrons. The number of aryl methyl sites for hydroxylation is 1. The van der Waals surface area contributed by atoms with E-state index in [9.17, 15) is 4.79 Å². The number of rotatable bonds is 13. The van der Waals surface area contributed by atoms with Gasteiger partial charge in [-0.25, -0.2) is 0 Å². The molecule has 0 spiro atoms. The van der Waals surface area contributed by atoms with E-state index in [1.54, 1.807) is 45.6 Å². The summed E-state index contributed by atoms with van der Waals surface area (Å²) >= 11 is 0. The molecule has 2 aliphatic rings. The topological polar surface area (TPSA) is 88.1 Å². The average molecular weight is 623 g/mol. The number of hydrogen-bond acceptors (Lipinski definition) is 8. The van der Waals surface area contributed by atoms with Crippen LogP contribution in [0.2, 0.25) is 0 Å². The van der Waals surface area contributed by atoms with E-state index in [2.05, 4.69) is 29.6 Å². The number of Topliss-reactive ketones (excluding diaryl/α,β-unsaturated/α-hetero) is 1. The third kappa shape index (κ3) is 6.76. The number of carbonyl (C=O) groups excluding carboxylic acids is 1. The minimum Gasteiger partial charge on any atom is -0.493 e. The summed E-state index contributed by atoms with van der Waals surface area (Å²) in [7, 11) is 4.68. The molecule has 0 bridgehead atoms. The molecule has 8 heteroatoms. The fourth-order valence-corrected chi connectivity index (χ4v) is 6.35. The smallest absolute Gasteiger partial charge is 0.203 e. The molecule has 0 saturated heterocycles. The first-order valence-corrected chi connectivity index (χ1v) is 16.2. The first-order valence-electron chi connectivity index (χ1n) is 16.2. The zero-order valence-corrected chi connectivity index (χ0v) is 26.9. The lowest BCUT2D eigenvalue weighted by atomic mass is 9.92. The van der Waals surface area contributed by atoms with Crippen molar-refractivity contribution in [1.82, 2.24) is 4.98 Å². The van der Waals surface area contributed by atoms with Crippen LogP contribution in [0.1, 0.15) is 65.7 Å². The Morgan fingerprint density at radius 1 is 0.891 bits per heavy atom. The number of anilines is 1. The van der Waals surface area contributed by atoms with Crippen LogP contribution in [0.4, 0.5) is 5.69 Å². The lowest BCUT2D eigenvalue weighted by molar-refractivity contribution is 0.100. The van der Waals surface area contributed by atoms with Gasteiger partial charge in [-0.2, -0.15) is 0 Å². The van der Waals surface area contributed by atoms with Gasteiger partial charge in [-0.15, -0.1) is 0 Å². The van der Waals surface area contributed by atoms with Crippen molar-refractivity contribution in [3.63, 3.8) is 0 Å². The van der Waals surface area contributed by atoms with Crippen LogP contribution in [-0.4, -0.2) is 51.9 Å². The molecule has 4 aromatic rings. The molecule has 3 aromatic carbocycles. The second-order valence-electron chi connectivity index (χ2n) is 11.7. The largest absolute Gasteiger partial charge is 0.493 e. The second kappa shape index (κ2) is 14.6. The predicted molar refractivity (Wildman–Crippen MR) is 181 cm³/mol. The van der Waals surface area contributed by atoms with Gasteiger partial charge in [-0.3, -0.25) is 9.78 Å². The SMILES string of the molecule is COc1cc(/C=C2\COc3cc(OCCCCCCNc4c5c(nc6ccccc46)CCCC5)ccc3C2=O)cc(OC)c1OC. The highest BCUT2D eigenvalue weighted by atomic mass is 16.5. The summed E-state index contributed by atoms with van der Waals surface area (Å²) in [5, 5.41) is 5.00. The average Bonchev–Trinajstić information content (AvgIpc) is 3.09. The molecule has 6 rings (SSSR count). The summed E-state index contributed by atoms with van der Waals surface area (Å²) in [6.45, 7) is 1.74. The number of hydrogen-bond donors (Lipinski definition) is 1. The van der Waals surface area contributed by atoms with E-state index < -0.39 is 0 Å². The van der Waals surface area contributed by atoms with Crippen molar-refractivity contribution in [2.24, 2.45) is 0 Å². The molecule has 1 aliphatic carbocycles. The van der Waals surface area contributed by atoms with Crippen LogP contribution in [0.5, 0.6) is 28.7 Å². The normalized spacial score (nSPS) is 14.8. The van der Waals surface area contributed by atoms with Crippen LogP contribution in [0.25, 0.3) is 17.0 Å². The Kier molecular flexibility index (Phi) is 9.91. The zero-order chi connectivity index (χ0) is 31.9. The number of ketones is 1. The molecule has 1 aliphatic heterocycles. The number of benzene rings is 3. The molecule has 0 unspecified atom stereocenters. The number of aromatic nitrogens is 1. The summed E-state index contributed by atoms with van der Waals surface area (Å²) in [6.07, 6.45) is 10.7. The maximum Gasteiger partial charge on any atom is 0.203 e. The summed E-state index contributed by atoms with van der Waals surface area (Å²) in [4.78, 5) is 18.2. The van der Waals surface area contributed by atoms with Gasteiger partial charge in [0, 0.05) is 35.0 Å². The molecule has 0 fully saturated rings. The fraction of sp³-hybridized carbons (Fsp3) is 0.368. The van der Waals surface area contributed by atoms with Crippen LogP contribution >= 0.6 is 0 Å². The molecular weight excluding hydrogens is 580 g/mol. The predicted octanol–water partition coefficient (Wildman–Crippen LogP) is 7.85. The molecule has 8 nitrogen and oxygen atoms in total. The summed E-state index contributed by atoms with van der Waals surface area (Å²) in [5.41, 5.74) is 6.89. The Morgan fingerprint density at radius 3 is 2.48 bits per heavy atom. The first-order chi connectivity index (χ1) is 22.6. The summed E-state index contributed by atoms with van der Waals surface area (Å²) < 4.78 is 28.3. The van der Waals surface area contributed by atoms with Gasteiger partial charge in [0.15, 0.2) is 17.3 Å². The van der Waals surface area contributed by atoms with Crippen LogP contribution in [0.15, 0.2) is 60.2 Å². The van der Waals surface area contributed by atoms with Crippen LogP contribution in [-0.2, 0) is 12.8 Å². The lowest BCUT2D eigenvalue weighted by Gasteiger charge is -2.21. The number of nitrogens with zero attached hydrogens (tertiary/aromatic N) is 1. The van der Waals surface area contributed by atoms with Crippen molar-refractivity contribution in [1.29, 1.82) is 0 Å². The van der Waals surface area contributed by atoms with E-state index in [1.165, 1.54) is 35.2 Å². The molecule has 1 N–H and O–H groups in total. The minimum atomic E-state index is -0.0737. The molecule has 0 saturated carbocycles. The Bertz CT molecular complexity index is 1720. The number of para-hydroxylation sites is 1. The number of ether oxygens (including phenoxy) is 5. The van der Waals surface area contributed by atoms with Gasteiger partial charge in [0.05, 0.1) is 39.0 Å². The van der Waals surface area contributed by atoms with Crippen molar-refractivity contribution < 1.29 is 28.5 Å². The van der Waals surface area contributed by atoms with Gasteiger partial charge in [0.1, 0.15) is 18.1 Å². The number of pyridine rings is 1.